The summed E-state index contributed by atoms with van der Waals surface area (Å²) in [5.74, 6) is 2.23. The van der Waals surface area contributed by atoms with Crippen LogP contribution in [0.25, 0.3) is 0 Å². The topological polar surface area (TPSA) is 56.3 Å². The summed E-state index contributed by atoms with van der Waals surface area (Å²) >= 11 is 0. The van der Waals surface area contributed by atoms with Gasteiger partial charge in [-0.3, -0.25) is 4.98 Å². The van der Waals surface area contributed by atoms with Crippen molar-refractivity contribution in [3.63, 3.8) is 0 Å². The first-order valence-corrected chi connectivity index (χ1v) is 5.97. The second-order valence-electron chi connectivity index (χ2n) is 4.03. The molecule has 19 heavy (non-hydrogen) atoms. The molecule has 100 valence electrons. The SMILES string of the molecule is COc1ccc(CNc2nccnc2C)cc1OC. The highest BCUT2D eigenvalue weighted by Gasteiger charge is 2.05. The van der Waals surface area contributed by atoms with Gasteiger partial charge in [-0.1, -0.05) is 6.07 Å². The quantitative estimate of drug-likeness (QED) is 0.893. The van der Waals surface area contributed by atoms with Crippen LogP contribution in [0.5, 0.6) is 11.5 Å². The minimum Gasteiger partial charge on any atom is -0.493 e. The predicted octanol–water partition coefficient (Wildman–Crippen LogP) is 2.41. The minimum atomic E-state index is 0.653. The van der Waals surface area contributed by atoms with Gasteiger partial charge in [0.15, 0.2) is 11.5 Å². The Labute approximate surface area is 112 Å². The third kappa shape index (κ3) is 3.13. The number of ether oxygens (including phenoxy) is 2. The van der Waals surface area contributed by atoms with Gasteiger partial charge < -0.3 is 14.8 Å². The minimum absolute atomic E-state index is 0.653. The van der Waals surface area contributed by atoms with Gasteiger partial charge in [-0.2, -0.15) is 0 Å². The van der Waals surface area contributed by atoms with Crippen LogP contribution < -0.4 is 14.8 Å². The lowest BCUT2D eigenvalue weighted by Gasteiger charge is -2.11. The number of nitrogens with one attached hydrogen (secondary N) is 1. The standard InChI is InChI=1S/C14H17N3O2/c1-10-14(16-7-6-15-10)17-9-11-4-5-12(18-2)13(8-11)19-3/h4-8H,9H2,1-3H3,(H,16,17). The van der Waals surface area contributed by atoms with E-state index in [1.54, 1.807) is 26.6 Å². The zero-order valence-electron chi connectivity index (χ0n) is 11.3. The Hall–Kier alpha value is -2.30. The number of rotatable bonds is 5. The van der Waals surface area contributed by atoms with E-state index < -0.39 is 0 Å². The van der Waals surface area contributed by atoms with Gasteiger partial charge in [-0.25, -0.2) is 4.98 Å². The fourth-order valence-electron chi connectivity index (χ4n) is 1.76. The number of aryl methyl sites for hydroxylation is 1. The molecule has 0 bridgehead atoms. The molecule has 1 aromatic heterocycles. The Morgan fingerprint density at radius 1 is 1.05 bits per heavy atom. The van der Waals surface area contributed by atoms with Crippen LogP contribution in [-0.4, -0.2) is 24.2 Å². The molecule has 1 aromatic carbocycles. The van der Waals surface area contributed by atoms with Crippen molar-refractivity contribution in [1.82, 2.24) is 9.97 Å². The molecule has 2 aromatic rings. The van der Waals surface area contributed by atoms with Gasteiger partial charge in [-0.15, -0.1) is 0 Å². The van der Waals surface area contributed by atoms with Crippen molar-refractivity contribution in [2.24, 2.45) is 0 Å². The van der Waals surface area contributed by atoms with E-state index in [0.29, 0.717) is 6.54 Å². The van der Waals surface area contributed by atoms with Crippen LogP contribution in [0.4, 0.5) is 5.82 Å². The molecule has 1 heterocycles. The number of aromatic nitrogens is 2. The summed E-state index contributed by atoms with van der Waals surface area (Å²) in [6.45, 7) is 2.57. The number of hydrogen-bond acceptors (Lipinski definition) is 5. The van der Waals surface area contributed by atoms with Gasteiger partial charge in [0.25, 0.3) is 0 Å². The first-order chi connectivity index (χ1) is 9.24. The van der Waals surface area contributed by atoms with Crippen LogP contribution in [0.15, 0.2) is 30.6 Å². The maximum Gasteiger partial charge on any atom is 0.161 e. The molecule has 0 saturated carbocycles. The summed E-state index contributed by atoms with van der Waals surface area (Å²) in [5, 5.41) is 3.25. The lowest BCUT2D eigenvalue weighted by Crippen LogP contribution is -2.04. The molecule has 0 atom stereocenters. The number of anilines is 1. The van der Waals surface area contributed by atoms with E-state index in [-0.39, 0.29) is 0 Å². The zero-order chi connectivity index (χ0) is 13.7. The monoisotopic (exact) mass is 259 g/mol. The van der Waals surface area contributed by atoms with Crippen LogP contribution in [-0.2, 0) is 6.54 Å². The fourth-order valence-corrected chi connectivity index (χ4v) is 1.76. The number of methoxy groups -OCH3 is 2. The van der Waals surface area contributed by atoms with Crippen LogP contribution in [0, 0.1) is 6.92 Å². The van der Waals surface area contributed by atoms with Gasteiger partial charge in [0.1, 0.15) is 5.82 Å². The van der Waals surface area contributed by atoms with Crippen LogP contribution >= 0.6 is 0 Å². The largest absolute Gasteiger partial charge is 0.493 e. The second-order valence-corrected chi connectivity index (χ2v) is 4.03. The van der Waals surface area contributed by atoms with Gasteiger partial charge in [0, 0.05) is 18.9 Å². The summed E-state index contributed by atoms with van der Waals surface area (Å²) in [6, 6.07) is 5.82. The Balaban J connectivity index is 2.10. The fraction of sp³-hybridized carbons (Fsp3) is 0.286. The van der Waals surface area contributed by atoms with Crippen molar-refractivity contribution in [3.05, 3.63) is 41.9 Å². The highest BCUT2D eigenvalue weighted by Crippen LogP contribution is 2.27. The molecule has 0 aliphatic rings. The molecule has 0 amide bonds. The van der Waals surface area contributed by atoms with Crippen LogP contribution in [0.2, 0.25) is 0 Å². The van der Waals surface area contributed by atoms with E-state index in [1.807, 2.05) is 25.1 Å². The van der Waals surface area contributed by atoms with Crippen molar-refractivity contribution in [2.75, 3.05) is 19.5 Å². The van der Waals surface area contributed by atoms with Gasteiger partial charge in [-0.05, 0) is 24.6 Å². The molecule has 5 nitrogen and oxygen atoms in total. The average Bonchev–Trinajstić information content (AvgIpc) is 2.46. The molecule has 0 aliphatic carbocycles. The Morgan fingerprint density at radius 3 is 2.47 bits per heavy atom. The average molecular weight is 259 g/mol. The Kier molecular flexibility index (Phi) is 4.18. The molecule has 0 unspecified atom stereocenters. The summed E-state index contributed by atoms with van der Waals surface area (Å²) in [7, 11) is 3.25. The molecule has 0 saturated heterocycles. The van der Waals surface area contributed by atoms with Gasteiger partial charge in [0.2, 0.25) is 0 Å². The van der Waals surface area contributed by atoms with E-state index in [0.717, 1.165) is 28.6 Å². The van der Waals surface area contributed by atoms with Crippen LogP contribution in [0.1, 0.15) is 11.3 Å². The molecule has 5 heteroatoms. The van der Waals surface area contributed by atoms with Gasteiger partial charge in [0.05, 0.1) is 19.9 Å². The van der Waals surface area contributed by atoms with Crippen molar-refractivity contribution >= 4 is 5.82 Å². The van der Waals surface area contributed by atoms with Crippen molar-refractivity contribution in [2.45, 2.75) is 13.5 Å². The summed E-state index contributed by atoms with van der Waals surface area (Å²) in [5.41, 5.74) is 1.96. The summed E-state index contributed by atoms with van der Waals surface area (Å²) in [4.78, 5) is 8.42. The molecular formula is C14H17N3O2. The third-order valence-corrected chi connectivity index (χ3v) is 2.79. The van der Waals surface area contributed by atoms with E-state index in [2.05, 4.69) is 15.3 Å². The molecule has 2 rings (SSSR count). The van der Waals surface area contributed by atoms with Crippen molar-refractivity contribution in [3.8, 4) is 11.5 Å². The predicted molar refractivity (Wildman–Crippen MR) is 73.6 cm³/mol. The maximum absolute atomic E-state index is 5.27. The Bertz CT molecular complexity index is 558. The maximum atomic E-state index is 5.27. The molecule has 0 spiro atoms. The summed E-state index contributed by atoms with van der Waals surface area (Å²) in [6.07, 6.45) is 3.35. The molecule has 0 radical (unpaired) electrons. The number of nitrogens with zero attached hydrogens (tertiary/aromatic N) is 2. The lowest BCUT2D eigenvalue weighted by molar-refractivity contribution is 0.354. The zero-order valence-corrected chi connectivity index (χ0v) is 11.3. The number of benzene rings is 1. The smallest absolute Gasteiger partial charge is 0.161 e. The third-order valence-electron chi connectivity index (χ3n) is 2.79. The first-order valence-electron chi connectivity index (χ1n) is 5.97. The van der Waals surface area contributed by atoms with E-state index in [1.165, 1.54) is 0 Å². The highest BCUT2D eigenvalue weighted by atomic mass is 16.5. The van der Waals surface area contributed by atoms with E-state index in [9.17, 15) is 0 Å². The molecule has 0 fully saturated rings. The van der Waals surface area contributed by atoms with E-state index >= 15 is 0 Å². The normalized spacial score (nSPS) is 10.1. The van der Waals surface area contributed by atoms with Crippen molar-refractivity contribution in [1.29, 1.82) is 0 Å². The highest BCUT2D eigenvalue weighted by molar-refractivity contribution is 5.45. The summed E-state index contributed by atoms with van der Waals surface area (Å²) < 4.78 is 10.5. The van der Waals surface area contributed by atoms with Crippen LogP contribution in [0.3, 0.4) is 0 Å². The molecule has 0 aliphatic heterocycles. The Morgan fingerprint density at radius 2 is 1.79 bits per heavy atom. The molecular weight excluding hydrogens is 242 g/mol. The first kappa shape index (κ1) is 13.1. The van der Waals surface area contributed by atoms with Gasteiger partial charge >= 0.3 is 0 Å². The second kappa shape index (κ2) is 6.04. The lowest BCUT2D eigenvalue weighted by atomic mass is 10.2. The van der Waals surface area contributed by atoms with E-state index in [4.69, 9.17) is 9.47 Å². The van der Waals surface area contributed by atoms with Crippen molar-refractivity contribution < 1.29 is 9.47 Å². The number of hydrogen-bond donors (Lipinski definition) is 1. The molecule has 1 N–H and O–H groups in total.